The molecular formula is C22H25NO2S. The Morgan fingerprint density at radius 1 is 1.00 bits per heavy atom. The first-order valence-corrected chi connectivity index (χ1v) is 10.4. The van der Waals surface area contributed by atoms with Crippen LogP contribution in [0.2, 0.25) is 0 Å². The quantitative estimate of drug-likeness (QED) is 0.781. The molecule has 1 aliphatic heterocycles. The van der Waals surface area contributed by atoms with Crippen molar-refractivity contribution in [1.82, 2.24) is 4.31 Å². The van der Waals surface area contributed by atoms with Gasteiger partial charge < -0.3 is 0 Å². The molecule has 26 heavy (non-hydrogen) atoms. The lowest BCUT2D eigenvalue weighted by Crippen LogP contribution is -2.35. The number of hydrogen-bond donors (Lipinski definition) is 0. The summed E-state index contributed by atoms with van der Waals surface area (Å²) in [5.74, 6) is 0. The summed E-state index contributed by atoms with van der Waals surface area (Å²) in [6, 6.07) is 17.1. The summed E-state index contributed by atoms with van der Waals surface area (Å²) in [4.78, 5) is 0.355. The molecule has 136 valence electrons. The molecule has 1 fully saturated rings. The van der Waals surface area contributed by atoms with E-state index < -0.39 is 10.0 Å². The van der Waals surface area contributed by atoms with Gasteiger partial charge in [-0.3, -0.25) is 0 Å². The first-order chi connectivity index (χ1) is 12.5. The fourth-order valence-corrected chi connectivity index (χ4v) is 4.59. The average Bonchev–Trinajstić information content (AvgIpc) is 2.62. The van der Waals surface area contributed by atoms with Crippen LogP contribution >= 0.6 is 0 Å². The predicted octanol–water partition coefficient (Wildman–Crippen LogP) is 4.81. The molecule has 1 saturated heterocycles. The standard InChI is InChI=1S/C22H25NO2S/c1-18-11-13-22(14-12-18)26(24,25)23-15-7-6-8-19(2)21(17-23)16-20-9-4-3-5-10-20/h3-5,9-14,16H,2,6-8,15,17H2,1H3/b21-16-. The first-order valence-electron chi connectivity index (χ1n) is 8.97. The van der Waals surface area contributed by atoms with Crippen LogP contribution in [0.1, 0.15) is 30.4 Å². The Labute approximate surface area is 156 Å². The number of hydrogen-bond acceptors (Lipinski definition) is 2. The minimum Gasteiger partial charge on any atom is -0.207 e. The van der Waals surface area contributed by atoms with Gasteiger partial charge in [-0.15, -0.1) is 0 Å². The minimum atomic E-state index is -3.52. The molecule has 3 nitrogen and oxygen atoms in total. The number of sulfonamides is 1. The van der Waals surface area contributed by atoms with Crippen molar-refractivity contribution in [2.24, 2.45) is 0 Å². The molecule has 4 heteroatoms. The van der Waals surface area contributed by atoms with Crippen molar-refractivity contribution in [3.8, 4) is 0 Å². The average molecular weight is 368 g/mol. The lowest BCUT2D eigenvalue weighted by Gasteiger charge is -2.27. The van der Waals surface area contributed by atoms with Crippen molar-refractivity contribution >= 4 is 16.1 Å². The maximum Gasteiger partial charge on any atom is 0.243 e. The largest absolute Gasteiger partial charge is 0.243 e. The van der Waals surface area contributed by atoms with E-state index in [1.54, 1.807) is 16.4 Å². The maximum absolute atomic E-state index is 13.1. The summed E-state index contributed by atoms with van der Waals surface area (Å²) in [5.41, 5.74) is 4.14. The topological polar surface area (TPSA) is 37.4 Å². The van der Waals surface area contributed by atoms with Gasteiger partial charge in [-0.05, 0) is 49.5 Å². The second-order valence-electron chi connectivity index (χ2n) is 6.79. The Morgan fingerprint density at radius 2 is 1.69 bits per heavy atom. The zero-order valence-electron chi connectivity index (χ0n) is 15.2. The van der Waals surface area contributed by atoms with Crippen LogP contribution in [0.5, 0.6) is 0 Å². The molecule has 0 amide bonds. The van der Waals surface area contributed by atoms with E-state index in [2.05, 4.69) is 12.7 Å². The third-order valence-corrected chi connectivity index (χ3v) is 6.60. The summed E-state index contributed by atoms with van der Waals surface area (Å²) < 4.78 is 27.9. The van der Waals surface area contributed by atoms with Crippen LogP contribution in [0.3, 0.4) is 0 Å². The van der Waals surface area contributed by atoms with E-state index in [0.717, 1.165) is 41.5 Å². The molecule has 0 aromatic heterocycles. The molecule has 2 aromatic carbocycles. The molecule has 1 aliphatic rings. The van der Waals surface area contributed by atoms with E-state index in [9.17, 15) is 8.42 Å². The summed E-state index contributed by atoms with van der Waals surface area (Å²) >= 11 is 0. The second-order valence-corrected chi connectivity index (χ2v) is 8.73. The smallest absolute Gasteiger partial charge is 0.207 e. The zero-order chi connectivity index (χ0) is 18.6. The fraction of sp³-hybridized carbons (Fsp3) is 0.273. The van der Waals surface area contributed by atoms with E-state index in [1.165, 1.54) is 0 Å². The molecule has 0 radical (unpaired) electrons. The van der Waals surface area contributed by atoms with Crippen molar-refractivity contribution in [3.63, 3.8) is 0 Å². The Balaban J connectivity index is 1.94. The number of nitrogens with zero attached hydrogens (tertiary/aromatic N) is 1. The third kappa shape index (κ3) is 4.32. The molecule has 0 atom stereocenters. The van der Waals surface area contributed by atoms with Crippen LogP contribution < -0.4 is 0 Å². The molecule has 0 unspecified atom stereocenters. The molecule has 0 bridgehead atoms. The van der Waals surface area contributed by atoms with E-state index in [0.29, 0.717) is 18.0 Å². The first kappa shape index (κ1) is 18.6. The normalized spacial score (nSPS) is 18.5. The van der Waals surface area contributed by atoms with E-state index in [-0.39, 0.29) is 0 Å². The van der Waals surface area contributed by atoms with Crippen LogP contribution in [0.15, 0.2) is 77.2 Å². The van der Waals surface area contributed by atoms with Crippen molar-refractivity contribution in [2.45, 2.75) is 31.1 Å². The molecule has 1 heterocycles. The molecule has 0 N–H and O–H groups in total. The van der Waals surface area contributed by atoms with Crippen LogP contribution in [0.4, 0.5) is 0 Å². The fourth-order valence-electron chi connectivity index (χ4n) is 3.13. The highest BCUT2D eigenvalue weighted by atomic mass is 32.2. The zero-order valence-corrected chi connectivity index (χ0v) is 16.0. The van der Waals surface area contributed by atoms with Gasteiger partial charge in [0.25, 0.3) is 0 Å². The lowest BCUT2D eigenvalue weighted by molar-refractivity contribution is 0.415. The van der Waals surface area contributed by atoms with Gasteiger partial charge in [0.1, 0.15) is 0 Å². The predicted molar refractivity (Wildman–Crippen MR) is 107 cm³/mol. The highest BCUT2D eigenvalue weighted by Crippen LogP contribution is 2.26. The van der Waals surface area contributed by atoms with Crippen LogP contribution in [-0.2, 0) is 10.0 Å². The Bertz CT molecular complexity index is 897. The molecule has 2 aromatic rings. The molecule has 0 aliphatic carbocycles. The number of aryl methyl sites for hydroxylation is 1. The summed E-state index contributed by atoms with van der Waals surface area (Å²) in [7, 11) is -3.52. The van der Waals surface area contributed by atoms with Gasteiger partial charge in [-0.25, -0.2) is 8.42 Å². The van der Waals surface area contributed by atoms with Gasteiger partial charge in [-0.1, -0.05) is 66.3 Å². The van der Waals surface area contributed by atoms with Crippen LogP contribution in [0, 0.1) is 6.92 Å². The Morgan fingerprint density at radius 3 is 2.38 bits per heavy atom. The number of rotatable bonds is 3. The molecule has 0 spiro atoms. The number of benzene rings is 2. The van der Waals surface area contributed by atoms with Crippen LogP contribution in [-0.4, -0.2) is 25.8 Å². The highest BCUT2D eigenvalue weighted by Gasteiger charge is 2.26. The third-order valence-electron chi connectivity index (χ3n) is 4.74. The minimum absolute atomic E-state index is 0.355. The van der Waals surface area contributed by atoms with Crippen molar-refractivity contribution in [2.75, 3.05) is 13.1 Å². The van der Waals surface area contributed by atoms with Gasteiger partial charge in [0.2, 0.25) is 10.0 Å². The van der Waals surface area contributed by atoms with Gasteiger partial charge in [0.15, 0.2) is 0 Å². The summed E-state index contributed by atoms with van der Waals surface area (Å²) in [6.07, 6.45) is 4.77. The molecule has 3 rings (SSSR count). The lowest BCUT2D eigenvalue weighted by atomic mass is 9.97. The summed E-state index contributed by atoms with van der Waals surface area (Å²) in [6.45, 7) is 7.06. The van der Waals surface area contributed by atoms with Crippen molar-refractivity contribution in [1.29, 1.82) is 0 Å². The molecular weight excluding hydrogens is 342 g/mol. The maximum atomic E-state index is 13.1. The SMILES string of the molecule is C=C1CCCCN(S(=O)(=O)c2ccc(C)cc2)C/C1=C/c1ccccc1. The second kappa shape index (κ2) is 8.02. The van der Waals surface area contributed by atoms with Crippen LogP contribution in [0.25, 0.3) is 6.08 Å². The van der Waals surface area contributed by atoms with E-state index in [4.69, 9.17) is 0 Å². The van der Waals surface area contributed by atoms with Crippen molar-refractivity contribution in [3.05, 3.63) is 83.4 Å². The molecule has 0 saturated carbocycles. The van der Waals surface area contributed by atoms with Gasteiger partial charge >= 0.3 is 0 Å². The summed E-state index contributed by atoms with van der Waals surface area (Å²) in [5, 5.41) is 0. The van der Waals surface area contributed by atoms with Gasteiger partial charge in [0.05, 0.1) is 4.90 Å². The Hall–Kier alpha value is -2.17. The van der Waals surface area contributed by atoms with Gasteiger partial charge in [0, 0.05) is 13.1 Å². The van der Waals surface area contributed by atoms with Crippen molar-refractivity contribution < 1.29 is 8.42 Å². The highest BCUT2D eigenvalue weighted by molar-refractivity contribution is 7.89. The Kier molecular flexibility index (Phi) is 5.74. The van der Waals surface area contributed by atoms with E-state index >= 15 is 0 Å². The van der Waals surface area contributed by atoms with Gasteiger partial charge in [-0.2, -0.15) is 4.31 Å². The van der Waals surface area contributed by atoms with E-state index in [1.807, 2.05) is 49.4 Å². The monoisotopic (exact) mass is 367 g/mol.